The lowest BCUT2D eigenvalue weighted by Crippen LogP contribution is -2.31. The van der Waals surface area contributed by atoms with Gasteiger partial charge in [0.15, 0.2) is 5.78 Å². The van der Waals surface area contributed by atoms with Gasteiger partial charge in [-0.25, -0.2) is 9.97 Å². The van der Waals surface area contributed by atoms with E-state index in [-0.39, 0.29) is 24.2 Å². The van der Waals surface area contributed by atoms with Crippen LogP contribution in [-0.4, -0.2) is 32.8 Å². The molecular formula is C24H26N4O3. The summed E-state index contributed by atoms with van der Waals surface area (Å²) in [4.78, 5) is 34.5. The van der Waals surface area contributed by atoms with Gasteiger partial charge in [0.2, 0.25) is 0 Å². The summed E-state index contributed by atoms with van der Waals surface area (Å²) in [5.74, 6) is 0.423. The number of benzene rings is 1. The molecule has 3 heterocycles. The maximum atomic E-state index is 13.2. The van der Waals surface area contributed by atoms with Crippen molar-refractivity contribution < 1.29 is 14.3 Å². The number of nitrogens with zero attached hydrogens (tertiary/aromatic N) is 3. The fourth-order valence-corrected chi connectivity index (χ4v) is 3.91. The van der Waals surface area contributed by atoms with Gasteiger partial charge in [0.05, 0.1) is 24.9 Å². The Morgan fingerprint density at radius 3 is 2.68 bits per heavy atom. The molecule has 1 aromatic carbocycles. The fourth-order valence-electron chi connectivity index (χ4n) is 3.91. The third kappa shape index (κ3) is 4.72. The normalized spacial score (nSPS) is 14.0. The highest BCUT2D eigenvalue weighted by molar-refractivity contribution is 6.01. The van der Waals surface area contributed by atoms with Crippen molar-refractivity contribution >= 4 is 11.7 Å². The van der Waals surface area contributed by atoms with Crippen LogP contribution in [0.1, 0.15) is 63.7 Å². The van der Waals surface area contributed by atoms with Crippen LogP contribution in [-0.2, 0) is 24.3 Å². The van der Waals surface area contributed by atoms with Crippen LogP contribution in [0.3, 0.4) is 0 Å². The van der Waals surface area contributed by atoms with Crippen molar-refractivity contribution in [3.8, 4) is 0 Å². The van der Waals surface area contributed by atoms with Crippen LogP contribution in [0.5, 0.6) is 0 Å². The average Bonchev–Trinajstić information content (AvgIpc) is 3.22. The van der Waals surface area contributed by atoms with E-state index in [2.05, 4.69) is 15.3 Å². The summed E-state index contributed by atoms with van der Waals surface area (Å²) in [5, 5.41) is 3.13. The molecule has 0 aliphatic carbocycles. The SMILES string of the molecule is CC[C@@H](NC(=O)c1cc(C(=O)CCc2ncccn2)c2n1CCOC2)c1ccccc1. The van der Waals surface area contributed by atoms with E-state index in [0.29, 0.717) is 43.3 Å². The number of aromatic nitrogens is 3. The van der Waals surface area contributed by atoms with Gasteiger partial charge in [-0.15, -0.1) is 0 Å². The summed E-state index contributed by atoms with van der Waals surface area (Å²) in [6.45, 7) is 3.44. The minimum atomic E-state index is -0.177. The highest BCUT2D eigenvalue weighted by Crippen LogP contribution is 2.24. The number of carbonyl (C=O) groups excluding carboxylic acids is 2. The molecule has 1 aliphatic rings. The molecule has 0 saturated heterocycles. The van der Waals surface area contributed by atoms with E-state index in [1.165, 1.54) is 0 Å². The number of hydrogen-bond acceptors (Lipinski definition) is 5. The zero-order valence-corrected chi connectivity index (χ0v) is 17.6. The summed E-state index contributed by atoms with van der Waals surface area (Å²) in [6, 6.07) is 13.3. The fraction of sp³-hybridized carbons (Fsp3) is 0.333. The molecule has 31 heavy (non-hydrogen) atoms. The Balaban J connectivity index is 1.55. The Labute approximate surface area is 181 Å². The summed E-state index contributed by atoms with van der Waals surface area (Å²) in [6.07, 6.45) is 4.85. The lowest BCUT2D eigenvalue weighted by molar-refractivity contribution is 0.0779. The van der Waals surface area contributed by atoms with Crippen LogP contribution in [0, 0.1) is 0 Å². The molecule has 3 aromatic rings. The second-order valence-corrected chi connectivity index (χ2v) is 7.53. The van der Waals surface area contributed by atoms with E-state index in [4.69, 9.17) is 4.74 Å². The first-order valence-electron chi connectivity index (χ1n) is 10.6. The third-order valence-corrected chi connectivity index (χ3v) is 5.55. The molecule has 160 valence electrons. The summed E-state index contributed by atoms with van der Waals surface area (Å²) in [5.41, 5.74) is 2.88. The lowest BCUT2D eigenvalue weighted by atomic mass is 10.0. The molecule has 7 heteroatoms. The monoisotopic (exact) mass is 418 g/mol. The highest BCUT2D eigenvalue weighted by Gasteiger charge is 2.27. The predicted octanol–water partition coefficient (Wildman–Crippen LogP) is 3.50. The van der Waals surface area contributed by atoms with E-state index in [0.717, 1.165) is 17.7 Å². The van der Waals surface area contributed by atoms with Crippen LogP contribution in [0.2, 0.25) is 0 Å². The first kappa shape index (κ1) is 20.9. The number of rotatable bonds is 8. The second-order valence-electron chi connectivity index (χ2n) is 7.53. The number of hydrogen-bond donors (Lipinski definition) is 1. The van der Waals surface area contributed by atoms with Crippen LogP contribution >= 0.6 is 0 Å². The second kappa shape index (κ2) is 9.66. The van der Waals surface area contributed by atoms with Gasteiger partial charge in [0.25, 0.3) is 5.91 Å². The summed E-state index contributed by atoms with van der Waals surface area (Å²) in [7, 11) is 0. The van der Waals surface area contributed by atoms with Crippen LogP contribution < -0.4 is 5.32 Å². The van der Waals surface area contributed by atoms with Gasteiger partial charge in [0, 0.05) is 37.3 Å². The number of Topliss-reactive ketones (excluding diaryl/α,β-unsaturated/α-hetero) is 1. The van der Waals surface area contributed by atoms with Crippen molar-refractivity contribution in [2.24, 2.45) is 0 Å². The van der Waals surface area contributed by atoms with Crippen LogP contribution in [0.15, 0.2) is 54.9 Å². The van der Waals surface area contributed by atoms with Crippen LogP contribution in [0.25, 0.3) is 0 Å². The molecular weight excluding hydrogens is 392 g/mol. The van der Waals surface area contributed by atoms with Crippen molar-refractivity contribution in [3.63, 3.8) is 0 Å². The van der Waals surface area contributed by atoms with Gasteiger partial charge < -0.3 is 14.6 Å². The molecule has 0 saturated carbocycles. The molecule has 1 N–H and O–H groups in total. The molecule has 4 rings (SSSR count). The number of amides is 1. The molecule has 2 aromatic heterocycles. The van der Waals surface area contributed by atoms with Crippen molar-refractivity contribution in [2.75, 3.05) is 6.61 Å². The van der Waals surface area contributed by atoms with E-state index in [9.17, 15) is 9.59 Å². The van der Waals surface area contributed by atoms with E-state index < -0.39 is 0 Å². The Kier molecular flexibility index (Phi) is 6.52. The topological polar surface area (TPSA) is 86.1 Å². The maximum Gasteiger partial charge on any atom is 0.268 e. The molecule has 0 unspecified atom stereocenters. The smallest absolute Gasteiger partial charge is 0.268 e. The van der Waals surface area contributed by atoms with E-state index in [1.54, 1.807) is 24.5 Å². The van der Waals surface area contributed by atoms with E-state index >= 15 is 0 Å². The Bertz CT molecular complexity index is 1050. The minimum Gasteiger partial charge on any atom is -0.373 e. The van der Waals surface area contributed by atoms with Gasteiger partial charge >= 0.3 is 0 Å². The number of nitrogens with one attached hydrogen (secondary N) is 1. The largest absolute Gasteiger partial charge is 0.373 e. The van der Waals surface area contributed by atoms with Gasteiger partial charge in [-0.3, -0.25) is 9.59 Å². The molecule has 1 amide bonds. The first-order chi connectivity index (χ1) is 15.2. The summed E-state index contributed by atoms with van der Waals surface area (Å²) >= 11 is 0. The van der Waals surface area contributed by atoms with Crippen LogP contribution in [0.4, 0.5) is 0 Å². The van der Waals surface area contributed by atoms with E-state index in [1.807, 2.05) is 41.8 Å². The Hall–Kier alpha value is -3.32. The molecule has 0 spiro atoms. The number of aryl methyl sites for hydroxylation is 1. The molecule has 1 aliphatic heterocycles. The lowest BCUT2D eigenvalue weighted by Gasteiger charge is -2.21. The number of fused-ring (bicyclic) bond motifs is 1. The van der Waals surface area contributed by atoms with Crippen molar-refractivity contribution in [1.29, 1.82) is 0 Å². The standard InChI is InChI=1S/C24H26N4O3/c1-2-19(17-7-4-3-5-8-17)27-24(30)20-15-18(21-16-31-14-13-28(20)21)22(29)9-10-23-25-11-6-12-26-23/h3-8,11-12,15,19H,2,9-10,13-14,16H2,1H3,(H,27,30)/t19-/m1/s1. The summed E-state index contributed by atoms with van der Waals surface area (Å²) < 4.78 is 7.50. The highest BCUT2D eigenvalue weighted by atomic mass is 16.5. The molecule has 0 fully saturated rings. The van der Waals surface area contributed by atoms with Gasteiger partial charge in [-0.1, -0.05) is 37.3 Å². The van der Waals surface area contributed by atoms with Gasteiger partial charge in [-0.2, -0.15) is 0 Å². The quantitative estimate of drug-likeness (QED) is 0.566. The number of carbonyl (C=O) groups is 2. The predicted molar refractivity (Wildman–Crippen MR) is 116 cm³/mol. The zero-order valence-electron chi connectivity index (χ0n) is 17.6. The molecule has 7 nitrogen and oxygen atoms in total. The zero-order chi connectivity index (χ0) is 21.6. The maximum absolute atomic E-state index is 13.2. The van der Waals surface area contributed by atoms with Crippen molar-refractivity contribution in [3.05, 3.63) is 83.2 Å². The van der Waals surface area contributed by atoms with Crippen molar-refractivity contribution in [2.45, 2.75) is 45.4 Å². The van der Waals surface area contributed by atoms with Crippen molar-refractivity contribution in [1.82, 2.24) is 19.9 Å². The Morgan fingerprint density at radius 1 is 1.16 bits per heavy atom. The first-order valence-corrected chi connectivity index (χ1v) is 10.6. The number of ketones is 1. The Morgan fingerprint density at radius 2 is 1.94 bits per heavy atom. The number of ether oxygens (including phenoxy) is 1. The third-order valence-electron chi connectivity index (χ3n) is 5.55. The molecule has 0 bridgehead atoms. The average molecular weight is 418 g/mol. The molecule has 1 atom stereocenters. The minimum absolute atomic E-state index is 0.0316. The molecule has 0 radical (unpaired) electrons. The van der Waals surface area contributed by atoms with Gasteiger partial charge in [0.1, 0.15) is 11.5 Å². The van der Waals surface area contributed by atoms with Gasteiger partial charge in [-0.05, 0) is 24.1 Å².